The topological polar surface area (TPSA) is 163 Å². The highest BCUT2D eigenvalue weighted by atomic mass is 19.1. The summed E-state index contributed by atoms with van der Waals surface area (Å²) in [5.41, 5.74) is 15.4. The molecule has 208 valence electrons. The van der Waals surface area contributed by atoms with E-state index in [2.05, 4.69) is 0 Å². The summed E-state index contributed by atoms with van der Waals surface area (Å²) < 4.78 is 21.2. The van der Waals surface area contributed by atoms with Gasteiger partial charge in [-0.25, -0.2) is 15.2 Å². The van der Waals surface area contributed by atoms with Gasteiger partial charge in [0.1, 0.15) is 11.9 Å². The number of aromatic nitrogens is 2. The van der Waals surface area contributed by atoms with E-state index in [0.717, 1.165) is 24.0 Å². The number of carbonyl (C=O) groups is 1. The number of hydrazine groups is 1. The van der Waals surface area contributed by atoms with E-state index >= 15 is 0 Å². The first kappa shape index (κ1) is 28.4. The second-order valence-corrected chi connectivity index (χ2v) is 9.82. The number of hydrogen-bond acceptors (Lipinski definition) is 9. The van der Waals surface area contributed by atoms with Crippen LogP contribution in [0, 0.1) is 12.7 Å². The van der Waals surface area contributed by atoms with Crippen LogP contribution in [0.25, 0.3) is 22.3 Å². The molecule has 0 spiro atoms. The Morgan fingerprint density at radius 2 is 2.00 bits per heavy atom. The van der Waals surface area contributed by atoms with E-state index in [9.17, 15) is 19.1 Å². The summed E-state index contributed by atoms with van der Waals surface area (Å²) >= 11 is 0. The van der Waals surface area contributed by atoms with Crippen molar-refractivity contribution in [2.24, 2.45) is 17.3 Å². The van der Waals surface area contributed by atoms with Gasteiger partial charge in [-0.05, 0) is 43.0 Å². The minimum Gasteiger partial charge on any atom is -0.399 e. The molecule has 5 rings (SSSR count). The average molecular weight is 539 g/mol. The monoisotopic (exact) mass is 538 g/mol. The molecule has 10 nitrogen and oxygen atoms in total. The lowest BCUT2D eigenvalue weighted by Crippen LogP contribution is -2.34. The lowest BCUT2D eigenvalue weighted by Gasteiger charge is -2.20. The van der Waals surface area contributed by atoms with Gasteiger partial charge in [0.25, 0.3) is 5.56 Å². The number of nitrogens with zero attached hydrogens (tertiary/aromatic N) is 3. The van der Waals surface area contributed by atoms with Crippen molar-refractivity contribution in [2.45, 2.75) is 65.0 Å². The zero-order valence-electron chi connectivity index (χ0n) is 22.6. The molecule has 1 unspecified atom stereocenters. The van der Waals surface area contributed by atoms with Crippen LogP contribution in [0.4, 0.5) is 4.39 Å². The molecule has 2 aliphatic rings. The molecule has 0 saturated heterocycles. The van der Waals surface area contributed by atoms with Crippen molar-refractivity contribution in [3.05, 3.63) is 74.1 Å². The molecule has 0 amide bonds. The van der Waals surface area contributed by atoms with Crippen LogP contribution in [-0.2, 0) is 29.2 Å². The number of aldehydes is 1. The Labute approximate surface area is 225 Å². The van der Waals surface area contributed by atoms with E-state index in [4.69, 9.17) is 27.0 Å². The quantitative estimate of drug-likeness (QED) is 0.150. The number of pyridine rings is 2. The maximum Gasteiger partial charge on any atom is 0.257 e. The fourth-order valence-electron chi connectivity index (χ4n) is 4.87. The summed E-state index contributed by atoms with van der Waals surface area (Å²) in [5, 5.41) is 12.4. The van der Waals surface area contributed by atoms with Gasteiger partial charge in [-0.15, -0.1) is 0 Å². The van der Waals surface area contributed by atoms with Crippen LogP contribution in [-0.4, -0.2) is 38.6 Å². The van der Waals surface area contributed by atoms with Crippen molar-refractivity contribution in [3.8, 4) is 11.4 Å². The van der Waals surface area contributed by atoms with Crippen LogP contribution in [0.5, 0.6) is 0 Å². The fourth-order valence-corrected chi connectivity index (χ4v) is 4.87. The van der Waals surface area contributed by atoms with Crippen molar-refractivity contribution in [1.29, 1.82) is 0 Å². The van der Waals surface area contributed by atoms with E-state index in [1.165, 1.54) is 22.8 Å². The summed E-state index contributed by atoms with van der Waals surface area (Å²) in [6.07, 6.45) is 2.02. The normalized spacial score (nSPS) is 15.7. The van der Waals surface area contributed by atoms with Crippen molar-refractivity contribution in [1.82, 2.24) is 14.6 Å². The number of rotatable bonds is 8. The molecule has 0 radical (unpaired) electrons. The minimum atomic E-state index is -1.51. The lowest BCUT2D eigenvalue weighted by molar-refractivity contribution is -0.115. The Bertz CT molecular complexity index is 1530. The lowest BCUT2D eigenvalue weighted by atomic mass is 9.98. The number of aliphatic hydroxyl groups excluding tert-OH is 1. The van der Waals surface area contributed by atoms with Gasteiger partial charge in [-0.2, -0.15) is 0 Å². The van der Waals surface area contributed by atoms with E-state index < -0.39 is 23.0 Å². The summed E-state index contributed by atoms with van der Waals surface area (Å²) in [7, 11) is 1.43. The molecule has 1 aliphatic heterocycles. The largest absolute Gasteiger partial charge is 0.399 e. The first-order valence-corrected chi connectivity index (χ1v) is 12.9. The third-order valence-electron chi connectivity index (χ3n) is 7.22. The zero-order chi connectivity index (χ0) is 28.6. The number of carbonyl (C=O) groups excluding carboxylic acids is 1. The van der Waals surface area contributed by atoms with Gasteiger partial charge in [0.05, 0.1) is 42.1 Å². The number of methoxy groups -OCH3 is 1. The number of fused-ring (bicyclic) bond motifs is 4. The Morgan fingerprint density at radius 3 is 2.62 bits per heavy atom. The van der Waals surface area contributed by atoms with Crippen molar-refractivity contribution in [2.75, 3.05) is 7.11 Å². The highest BCUT2D eigenvalue weighted by molar-refractivity contribution is 5.88. The highest BCUT2D eigenvalue weighted by Crippen LogP contribution is 2.39. The number of ether oxygens (including phenoxy) is 1. The van der Waals surface area contributed by atoms with Crippen molar-refractivity contribution < 1.29 is 19.0 Å². The molecule has 1 saturated carbocycles. The molecular weight excluding hydrogens is 503 g/mol. The Kier molecular flexibility index (Phi) is 7.89. The standard InChI is InChI=1S/C26H29FN6O4.C2H6/c1-13-5-14-16(8-32(30)10-23(28)26(29)3-4-26)17-9-33-21(24(17)31-20(14)7-19(13)27)6-15(22(35)11-34)18(12-37-2)25(33)36;1-2/h5-7,10-11,22,35H,3-4,8-9,12,28-30H2,1-2H3;1-2H3/b23-10-;. The number of hydrogen-bond donors (Lipinski definition) is 4. The van der Waals surface area contributed by atoms with E-state index in [1.807, 2.05) is 13.8 Å². The molecule has 1 aromatic carbocycles. The molecule has 3 aromatic rings. The predicted octanol–water partition coefficient (Wildman–Crippen LogP) is 2.24. The SMILES string of the molecule is CC.COCc1c(C(O)C=O)cc2n(c1=O)Cc1c-2nc2cc(F)c(C)cc2c1CN(N)/C=C(\N)C1(N)CC1. The second kappa shape index (κ2) is 10.9. The summed E-state index contributed by atoms with van der Waals surface area (Å²) in [5.74, 6) is 5.92. The van der Waals surface area contributed by atoms with E-state index in [1.54, 1.807) is 25.3 Å². The second-order valence-electron chi connectivity index (χ2n) is 9.82. The first-order chi connectivity index (χ1) is 18.6. The number of halogens is 1. The van der Waals surface area contributed by atoms with Crippen LogP contribution in [0.3, 0.4) is 0 Å². The van der Waals surface area contributed by atoms with Gasteiger partial charge in [0.15, 0.2) is 6.29 Å². The van der Waals surface area contributed by atoms with Crippen LogP contribution in [0.2, 0.25) is 0 Å². The Hall–Kier alpha value is -3.64. The molecule has 7 N–H and O–H groups in total. The number of nitrogens with two attached hydrogens (primary N) is 3. The highest BCUT2D eigenvalue weighted by Gasteiger charge is 2.41. The maximum atomic E-state index is 14.6. The van der Waals surface area contributed by atoms with Gasteiger partial charge < -0.3 is 35.7 Å². The molecule has 39 heavy (non-hydrogen) atoms. The molecule has 1 atom stereocenters. The van der Waals surface area contributed by atoms with Crippen molar-refractivity contribution >= 4 is 17.2 Å². The first-order valence-electron chi connectivity index (χ1n) is 12.9. The maximum absolute atomic E-state index is 14.6. The summed E-state index contributed by atoms with van der Waals surface area (Å²) in [6, 6.07) is 4.63. The smallest absolute Gasteiger partial charge is 0.257 e. The molecule has 11 heteroatoms. The third-order valence-corrected chi connectivity index (χ3v) is 7.22. The van der Waals surface area contributed by atoms with Gasteiger partial charge >= 0.3 is 0 Å². The molecule has 1 aliphatic carbocycles. The van der Waals surface area contributed by atoms with Gasteiger partial charge in [0.2, 0.25) is 0 Å². The van der Waals surface area contributed by atoms with Crippen LogP contribution < -0.4 is 22.9 Å². The van der Waals surface area contributed by atoms with Gasteiger partial charge in [-0.3, -0.25) is 4.79 Å². The number of aliphatic hydroxyl groups is 1. The molecule has 2 aromatic heterocycles. The fraction of sp³-hybridized carbons (Fsp3) is 0.393. The van der Waals surface area contributed by atoms with Gasteiger partial charge in [-0.1, -0.05) is 13.8 Å². The van der Waals surface area contributed by atoms with E-state index in [0.29, 0.717) is 39.8 Å². The van der Waals surface area contributed by atoms with Crippen LogP contribution >= 0.6 is 0 Å². The van der Waals surface area contributed by atoms with Crippen LogP contribution in [0.1, 0.15) is 60.6 Å². The predicted molar refractivity (Wildman–Crippen MR) is 146 cm³/mol. The number of benzene rings is 1. The minimum absolute atomic E-state index is 0.0795. The molecule has 1 fully saturated rings. The van der Waals surface area contributed by atoms with E-state index in [-0.39, 0.29) is 30.8 Å². The molecule has 0 bridgehead atoms. The summed E-state index contributed by atoms with van der Waals surface area (Å²) in [4.78, 5) is 29.6. The number of aryl methyl sites for hydroxylation is 1. The molecular formula is C28H35FN6O4. The Morgan fingerprint density at radius 1 is 1.31 bits per heavy atom. The van der Waals surface area contributed by atoms with Crippen molar-refractivity contribution in [3.63, 3.8) is 0 Å². The summed E-state index contributed by atoms with van der Waals surface area (Å²) in [6.45, 7) is 5.96. The zero-order valence-corrected chi connectivity index (χ0v) is 22.6. The Balaban J connectivity index is 0.00000172. The third kappa shape index (κ3) is 5.06. The van der Waals surface area contributed by atoms with Crippen LogP contribution in [0.15, 0.2) is 34.9 Å². The average Bonchev–Trinajstić information content (AvgIpc) is 3.57. The molecule has 3 heterocycles. The van der Waals surface area contributed by atoms with Gasteiger partial charge in [0, 0.05) is 47.1 Å².